The van der Waals surface area contributed by atoms with Gasteiger partial charge in [0.1, 0.15) is 5.82 Å². The Balaban J connectivity index is 1.83. The minimum absolute atomic E-state index is 0.165. The third-order valence-electron chi connectivity index (χ3n) is 3.02. The summed E-state index contributed by atoms with van der Waals surface area (Å²) in [6.07, 6.45) is 0. The second-order valence-electron chi connectivity index (χ2n) is 5.44. The fraction of sp³-hybridized carbons (Fsp3) is 0.412. The maximum Gasteiger partial charge on any atom is 0.131 e. The molecule has 0 unspecified atom stereocenters. The van der Waals surface area contributed by atoms with Gasteiger partial charge in [0, 0.05) is 30.1 Å². The number of hydrogen-bond acceptors (Lipinski definition) is 3. The van der Waals surface area contributed by atoms with E-state index in [1.54, 1.807) is 17.4 Å². The van der Waals surface area contributed by atoms with Gasteiger partial charge >= 0.3 is 0 Å². The molecule has 2 rings (SSSR count). The molecule has 4 heteroatoms. The summed E-state index contributed by atoms with van der Waals surface area (Å²) >= 11 is 1.56. The highest BCUT2D eigenvalue weighted by molar-refractivity contribution is 7.13. The van der Waals surface area contributed by atoms with E-state index in [-0.39, 0.29) is 5.82 Å². The van der Waals surface area contributed by atoms with E-state index < -0.39 is 0 Å². The fourth-order valence-corrected chi connectivity index (χ4v) is 2.74. The van der Waals surface area contributed by atoms with Crippen LogP contribution in [0.1, 0.15) is 19.4 Å². The van der Waals surface area contributed by atoms with Gasteiger partial charge in [-0.05, 0) is 35.1 Å². The zero-order valence-corrected chi connectivity index (χ0v) is 13.4. The van der Waals surface area contributed by atoms with Crippen LogP contribution in [0.15, 0.2) is 35.7 Å². The highest BCUT2D eigenvalue weighted by atomic mass is 32.1. The van der Waals surface area contributed by atoms with Crippen LogP contribution in [0.5, 0.6) is 0 Å². The number of hydrogen-bond donors (Lipinski definition) is 1. The van der Waals surface area contributed by atoms with Crippen molar-refractivity contribution >= 4 is 11.3 Å². The van der Waals surface area contributed by atoms with Crippen molar-refractivity contribution in [2.45, 2.75) is 20.4 Å². The highest BCUT2D eigenvalue weighted by Gasteiger charge is 2.07. The Hall–Kier alpha value is -1.23. The average Bonchev–Trinajstić information content (AvgIpc) is 2.98. The van der Waals surface area contributed by atoms with Crippen LogP contribution in [0.4, 0.5) is 4.39 Å². The lowest BCUT2D eigenvalue weighted by molar-refractivity contribution is 0.111. The fourth-order valence-electron chi connectivity index (χ4n) is 2.00. The SMILES string of the molecule is CC(C)COCCNCc1ccc(F)c(-c2cccs2)c1. The summed E-state index contributed by atoms with van der Waals surface area (Å²) in [5.74, 6) is 0.400. The number of rotatable bonds is 8. The quantitative estimate of drug-likeness (QED) is 0.734. The van der Waals surface area contributed by atoms with Crippen LogP contribution in [0.3, 0.4) is 0 Å². The van der Waals surface area contributed by atoms with E-state index in [0.717, 1.165) is 30.1 Å². The van der Waals surface area contributed by atoms with Crippen LogP contribution in [-0.4, -0.2) is 19.8 Å². The van der Waals surface area contributed by atoms with Crippen LogP contribution in [0.25, 0.3) is 10.4 Å². The van der Waals surface area contributed by atoms with Crippen molar-refractivity contribution in [1.82, 2.24) is 5.32 Å². The molecule has 114 valence electrons. The number of thiophene rings is 1. The maximum atomic E-state index is 13.9. The smallest absolute Gasteiger partial charge is 0.131 e. The Morgan fingerprint density at radius 1 is 1.29 bits per heavy atom. The lowest BCUT2D eigenvalue weighted by atomic mass is 10.1. The first-order valence-corrected chi connectivity index (χ1v) is 8.15. The predicted octanol–water partition coefficient (Wildman–Crippen LogP) is 4.32. The van der Waals surface area contributed by atoms with Gasteiger partial charge < -0.3 is 10.1 Å². The van der Waals surface area contributed by atoms with Crippen molar-refractivity contribution in [2.75, 3.05) is 19.8 Å². The predicted molar refractivity (Wildman–Crippen MR) is 87.1 cm³/mol. The zero-order valence-electron chi connectivity index (χ0n) is 12.6. The summed E-state index contributed by atoms with van der Waals surface area (Å²) in [5.41, 5.74) is 1.77. The Morgan fingerprint density at radius 3 is 2.86 bits per heavy atom. The molecule has 1 heterocycles. The van der Waals surface area contributed by atoms with Gasteiger partial charge in [-0.25, -0.2) is 4.39 Å². The second-order valence-corrected chi connectivity index (χ2v) is 6.38. The summed E-state index contributed by atoms with van der Waals surface area (Å²) in [7, 11) is 0. The van der Waals surface area contributed by atoms with Crippen molar-refractivity contribution < 1.29 is 9.13 Å². The molecule has 0 aliphatic rings. The molecule has 0 aliphatic heterocycles. The molecule has 0 bridgehead atoms. The topological polar surface area (TPSA) is 21.3 Å². The molecule has 1 N–H and O–H groups in total. The zero-order chi connectivity index (χ0) is 15.1. The van der Waals surface area contributed by atoms with Crippen LogP contribution in [0.2, 0.25) is 0 Å². The van der Waals surface area contributed by atoms with Gasteiger partial charge in [-0.2, -0.15) is 0 Å². The Morgan fingerprint density at radius 2 is 2.14 bits per heavy atom. The third-order valence-corrected chi connectivity index (χ3v) is 3.92. The van der Waals surface area contributed by atoms with Gasteiger partial charge in [0.25, 0.3) is 0 Å². The van der Waals surface area contributed by atoms with E-state index in [0.29, 0.717) is 18.1 Å². The molecule has 0 radical (unpaired) electrons. The van der Waals surface area contributed by atoms with E-state index in [4.69, 9.17) is 4.74 Å². The summed E-state index contributed by atoms with van der Waals surface area (Å²) < 4.78 is 19.4. The average molecular weight is 307 g/mol. The maximum absolute atomic E-state index is 13.9. The van der Waals surface area contributed by atoms with Gasteiger partial charge in [0.15, 0.2) is 0 Å². The van der Waals surface area contributed by atoms with Crippen molar-refractivity contribution in [3.63, 3.8) is 0 Å². The van der Waals surface area contributed by atoms with Gasteiger partial charge in [0.05, 0.1) is 6.61 Å². The molecule has 0 amide bonds. The van der Waals surface area contributed by atoms with Gasteiger partial charge in [-0.1, -0.05) is 26.0 Å². The van der Waals surface area contributed by atoms with E-state index in [1.165, 1.54) is 0 Å². The Bertz CT molecular complexity index is 540. The third kappa shape index (κ3) is 5.23. The van der Waals surface area contributed by atoms with Crippen molar-refractivity contribution in [2.24, 2.45) is 5.92 Å². The Labute approximate surface area is 130 Å². The van der Waals surface area contributed by atoms with Crippen LogP contribution in [-0.2, 0) is 11.3 Å². The van der Waals surface area contributed by atoms with E-state index in [1.807, 2.05) is 29.6 Å². The van der Waals surface area contributed by atoms with Crippen LogP contribution < -0.4 is 5.32 Å². The van der Waals surface area contributed by atoms with Gasteiger partial charge in [0.2, 0.25) is 0 Å². The summed E-state index contributed by atoms with van der Waals surface area (Å²) in [6.45, 7) is 7.30. The number of ether oxygens (including phenoxy) is 1. The lowest BCUT2D eigenvalue weighted by Crippen LogP contribution is -2.20. The van der Waals surface area contributed by atoms with Gasteiger partial charge in [-0.3, -0.25) is 0 Å². The van der Waals surface area contributed by atoms with E-state index >= 15 is 0 Å². The number of halogens is 1. The first-order chi connectivity index (χ1) is 10.2. The molecule has 2 nitrogen and oxygen atoms in total. The number of nitrogens with one attached hydrogen (secondary N) is 1. The van der Waals surface area contributed by atoms with Crippen molar-refractivity contribution in [3.8, 4) is 10.4 Å². The molecule has 1 aromatic carbocycles. The van der Waals surface area contributed by atoms with Gasteiger partial charge in [-0.15, -0.1) is 11.3 Å². The second kappa shape index (κ2) is 8.27. The molecule has 0 saturated carbocycles. The van der Waals surface area contributed by atoms with Crippen molar-refractivity contribution in [1.29, 1.82) is 0 Å². The molecule has 0 atom stereocenters. The minimum Gasteiger partial charge on any atom is -0.380 e. The molecular formula is C17H22FNOS. The largest absolute Gasteiger partial charge is 0.380 e. The minimum atomic E-state index is -0.165. The number of benzene rings is 1. The van der Waals surface area contributed by atoms with Crippen LogP contribution >= 0.6 is 11.3 Å². The monoisotopic (exact) mass is 307 g/mol. The van der Waals surface area contributed by atoms with E-state index in [9.17, 15) is 4.39 Å². The summed E-state index contributed by atoms with van der Waals surface area (Å²) in [6, 6.07) is 9.18. The van der Waals surface area contributed by atoms with E-state index in [2.05, 4.69) is 19.2 Å². The lowest BCUT2D eigenvalue weighted by Gasteiger charge is -2.09. The summed E-state index contributed by atoms with van der Waals surface area (Å²) in [5, 5.41) is 5.29. The molecule has 1 aromatic heterocycles. The normalized spacial score (nSPS) is 11.2. The highest BCUT2D eigenvalue weighted by Crippen LogP contribution is 2.28. The first-order valence-electron chi connectivity index (χ1n) is 7.27. The van der Waals surface area contributed by atoms with Crippen molar-refractivity contribution in [3.05, 3.63) is 47.1 Å². The molecule has 0 spiro atoms. The molecule has 0 saturated heterocycles. The molecule has 21 heavy (non-hydrogen) atoms. The first kappa shape index (κ1) is 16.1. The Kier molecular flexibility index (Phi) is 6.36. The van der Waals surface area contributed by atoms with Crippen LogP contribution in [0, 0.1) is 11.7 Å². The standard InChI is InChI=1S/C17H22FNOS/c1-13(2)12-20-8-7-19-11-14-5-6-16(18)15(10-14)17-4-3-9-21-17/h3-6,9-10,13,19H,7-8,11-12H2,1-2H3. The molecular weight excluding hydrogens is 285 g/mol. The molecule has 2 aromatic rings. The molecule has 0 aliphatic carbocycles. The molecule has 0 fully saturated rings. The summed E-state index contributed by atoms with van der Waals surface area (Å²) in [4.78, 5) is 0.967.